The largest absolute Gasteiger partial charge is 0.460 e. The van der Waals surface area contributed by atoms with Crippen LogP contribution in [0, 0.1) is 6.92 Å². The number of carbonyl (C=O) groups excluding carboxylic acids is 1. The van der Waals surface area contributed by atoms with E-state index in [4.69, 9.17) is 4.74 Å². The Bertz CT molecular complexity index is 1360. The Labute approximate surface area is 219 Å². The molecule has 5 heterocycles. The zero-order valence-electron chi connectivity index (χ0n) is 20.6. The van der Waals surface area contributed by atoms with Crippen molar-refractivity contribution in [2.24, 2.45) is 0 Å². The molecule has 1 saturated heterocycles. The van der Waals surface area contributed by atoms with E-state index in [9.17, 15) is 4.79 Å². The molecule has 2 N–H and O–H groups in total. The van der Waals surface area contributed by atoms with E-state index in [2.05, 4.69) is 40.5 Å². The Morgan fingerprint density at radius 3 is 2.73 bits per heavy atom. The van der Waals surface area contributed by atoms with E-state index < -0.39 is 0 Å². The predicted octanol–water partition coefficient (Wildman–Crippen LogP) is 3.09. The van der Waals surface area contributed by atoms with Crippen LogP contribution < -0.4 is 10.6 Å². The second kappa shape index (κ2) is 12.0. The lowest BCUT2D eigenvalue weighted by Crippen LogP contribution is -2.44. The van der Waals surface area contributed by atoms with Crippen molar-refractivity contribution < 1.29 is 9.53 Å². The molecule has 10 nitrogen and oxygen atoms in total. The van der Waals surface area contributed by atoms with Gasteiger partial charge in [-0.05, 0) is 48.2 Å². The zero-order chi connectivity index (χ0) is 25.5. The molecule has 4 aromatic heterocycles. The molecule has 1 fully saturated rings. The number of aromatic nitrogens is 5. The number of piperazine rings is 1. The van der Waals surface area contributed by atoms with Gasteiger partial charge in [0.1, 0.15) is 34.6 Å². The second-order valence-corrected chi connectivity index (χ2v) is 9.55. The summed E-state index contributed by atoms with van der Waals surface area (Å²) >= 11 is 1.38. The molecule has 0 bridgehead atoms. The van der Waals surface area contributed by atoms with E-state index in [1.54, 1.807) is 24.5 Å². The lowest BCUT2D eigenvalue weighted by atomic mass is 10.2. The standard InChI is InChI=1S/C26H28N8O2S/c1-18-3-2-4-20(30-18)25-29-8-6-23(33-25)31-22-5-7-28-24(32-22)16-19-15-21(37-17-19)26(35)36-14-13-34-11-9-27-10-12-34/h2-8,15,17,27H,9-14,16H2,1H3,(H,28,29,31,32,33). The van der Waals surface area contributed by atoms with Crippen LogP contribution in [0.5, 0.6) is 0 Å². The number of thiophene rings is 1. The number of ether oxygens (including phenoxy) is 1. The van der Waals surface area contributed by atoms with Gasteiger partial charge in [-0.1, -0.05) is 6.07 Å². The predicted molar refractivity (Wildman–Crippen MR) is 142 cm³/mol. The summed E-state index contributed by atoms with van der Waals surface area (Å²) in [5, 5.41) is 8.48. The van der Waals surface area contributed by atoms with Gasteiger partial charge in [-0.3, -0.25) is 4.90 Å². The monoisotopic (exact) mass is 516 g/mol. The summed E-state index contributed by atoms with van der Waals surface area (Å²) in [5.74, 6) is 2.11. The maximum atomic E-state index is 12.5. The van der Waals surface area contributed by atoms with Crippen LogP contribution in [0.4, 0.5) is 11.6 Å². The maximum absolute atomic E-state index is 12.5. The van der Waals surface area contributed by atoms with Gasteiger partial charge in [-0.15, -0.1) is 11.3 Å². The number of pyridine rings is 1. The summed E-state index contributed by atoms with van der Waals surface area (Å²) in [7, 11) is 0. The van der Waals surface area contributed by atoms with Crippen LogP contribution in [0.15, 0.2) is 54.2 Å². The van der Waals surface area contributed by atoms with Crippen LogP contribution in [0.25, 0.3) is 11.5 Å². The van der Waals surface area contributed by atoms with Gasteiger partial charge in [-0.2, -0.15) is 0 Å². The smallest absolute Gasteiger partial charge is 0.348 e. The van der Waals surface area contributed by atoms with Crippen LogP contribution in [-0.2, 0) is 11.2 Å². The molecule has 0 aliphatic carbocycles. The Balaban J connectivity index is 1.18. The topological polar surface area (TPSA) is 118 Å². The number of carbonyl (C=O) groups is 1. The Morgan fingerprint density at radius 1 is 1.08 bits per heavy atom. The first-order valence-corrected chi connectivity index (χ1v) is 13.0. The number of hydrogen-bond donors (Lipinski definition) is 2. The van der Waals surface area contributed by atoms with Crippen LogP contribution in [-0.4, -0.2) is 75.1 Å². The molecule has 0 saturated carbocycles. The average molecular weight is 517 g/mol. The third-order valence-electron chi connectivity index (χ3n) is 5.80. The number of aryl methyl sites for hydroxylation is 1. The average Bonchev–Trinajstić information content (AvgIpc) is 3.38. The van der Waals surface area contributed by atoms with Gasteiger partial charge in [-0.25, -0.2) is 29.7 Å². The highest BCUT2D eigenvalue weighted by molar-refractivity contribution is 7.12. The summed E-state index contributed by atoms with van der Waals surface area (Å²) in [6.45, 7) is 7.01. The van der Waals surface area contributed by atoms with Gasteiger partial charge in [0, 0.05) is 57.2 Å². The first kappa shape index (κ1) is 24.9. The Morgan fingerprint density at radius 2 is 1.89 bits per heavy atom. The molecule has 11 heteroatoms. The van der Waals surface area contributed by atoms with Crippen LogP contribution >= 0.6 is 11.3 Å². The summed E-state index contributed by atoms with van der Waals surface area (Å²) < 4.78 is 5.48. The highest BCUT2D eigenvalue weighted by atomic mass is 32.1. The molecule has 0 radical (unpaired) electrons. The first-order valence-electron chi connectivity index (χ1n) is 12.2. The normalized spacial score (nSPS) is 13.9. The summed E-state index contributed by atoms with van der Waals surface area (Å²) in [4.78, 5) is 37.7. The van der Waals surface area contributed by atoms with E-state index in [1.165, 1.54) is 11.3 Å². The van der Waals surface area contributed by atoms with Crippen molar-refractivity contribution in [1.29, 1.82) is 0 Å². The molecular formula is C26H28N8O2S. The lowest BCUT2D eigenvalue weighted by molar-refractivity contribution is 0.0461. The quantitative estimate of drug-likeness (QED) is 0.321. The van der Waals surface area contributed by atoms with E-state index in [0.29, 0.717) is 46.9 Å². The summed E-state index contributed by atoms with van der Waals surface area (Å²) in [6, 6.07) is 11.2. The van der Waals surface area contributed by atoms with Gasteiger partial charge >= 0.3 is 5.97 Å². The molecule has 37 heavy (non-hydrogen) atoms. The third-order valence-corrected chi connectivity index (χ3v) is 6.76. The fourth-order valence-electron chi connectivity index (χ4n) is 3.94. The van der Waals surface area contributed by atoms with Crippen molar-refractivity contribution in [2.45, 2.75) is 13.3 Å². The number of hydrogen-bond acceptors (Lipinski definition) is 11. The molecule has 0 unspecified atom stereocenters. The summed E-state index contributed by atoms with van der Waals surface area (Å²) in [5.41, 5.74) is 2.58. The van der Waals surface area contributed by atoms with E-state index in [-0.39, 0.29) is 5.97 Å². The van der Waals surface area contributed by atoms with Crippen molar-refractivity contribution in [1.82, 2.24) is 35.1 Å². The fourth-order valence-corrected chi connectivity index (χ4v) is 4.74. The Kier molecular flexibility index (Phi) is 8.04. The van der Waals surface area contributed by atoms with Crippen molar-refractivity contribution in [3.05, 3.63) is 76.1 Å². The fraction of sp³-hybridized carbons (Fsp3) is 0.308. The molecule has 0 atom stereocenters. The molecular weight excluding hydrogens is 488 g/mol. The highest BCUT2D eigenvalue weighted by Crippen LogP contribution is 2.20. The van der Waals surface area contributed by atoms with Crippen molar-refractivity contribution >= 4 is 28.9 Å². The minimum absolute atomic E-state index is 0.287. The molecule has 5 rings (SSSR count). The molecule has 190 valence electrons. The SMILES string of the molecule is Cc1cccc(-c2nccc(Nc3ccnc(Cc4csc(C(=O)OCCN5CCNCC5)c4)n3)n2)n1. The number of esters is 1. The van der Waals surface area contributed by atoms with Gasteiger partial charge in [0.15, 0.2) is 5.82 Å². The van der Waals surface area contributed by atoms with Crippen LogP contribution in [0.2, 0.25) is 0 Å². The van der Waals surface area contributed by atoms with Gasteiger partial charge in [0.2, 0.25) is 0 Å². The minimum Gasteiger partial charge on any atom is -0.460 e. The lowest BCUT2D eigenvalue weighted by Gasteiger charge is -2.26. The maximum Gasteiger partial charge on any atom is 0.348 e. The third kappa shape index (κ3) is 6.91. The van der Waals surface area contributed by atoms with E-state index in [0.717, 1.165) is 44.0 Å². The van der Waals surface area contributed by atoms with Crippen molar-refractivity contribution in [2.75, 3.05) is 44.6 Å². The van der Waals surface area contributed by atoms with Crippen LogP contribution in [0.3, 0.4) is 0 Å². The molecule has 0 aromatic carbocycles. The molecule has 4 aromatic rings. The molecule has 1 aliphatic rings. The van der Waals surface area contributed by atoms with Crippen molar-refractivity contribution in [3.8, 4) is 11.5 Å². The minimum atomic E-state index is -0.287. The number of nitrogens with zero attached hydrogens (tertiary/aromatic N) is 6. The summed E-state index contributed by atoms with van der Waals surface area (Å²) in [6.07, 6.45) is 3.89. The first-order chi connectivity index (χ1) is 18.1. The van der Waals surface area contributed by atoms with E-state index >= 15 is 0 Å². The number of rotatable bonds is 9. The van der Waals surface area contributed by atoms with E-state index in [1.807, 2.05) is 36.6 Å². The van der Waals surface area contributed by atoms with Crippen LogP contribution in [0.1, 0.15) is 26.8 Å². The number of nitrogens with one attached hydrogen (secondary N) is 2. The van der Waals surface area contributed by atoms with Gasteiger partial charge in [0.05, 0.1) is 0 Å². The molecule has 0 spiro atoms. The molecule has 0 amide bonds. The van der Waals surface area contributed by atoms with Crippen molar-refractivity contribution in [3.63, 3.8) is 0 Å². The second-order valence-electron chi connectivity index (χ2n) is 8.64. The molecule has 1 aliphatic heterocycles. The Hall–Kier alpha value is -3.80. The van der Waals surface area contributed by atoms with Gasteiger partial charge in [0.25, 0.3) is 0 Å². The highest BCUT2D eigenvalue weighted by Gasteiger charge is 2.14. The van der Waals surface area contributed by atoms with Gasteiger partial charge < -0.3 is 15.4 Å². The zero-order valence-corrected chi connectivity index (χ0v) is 21.4. The number of anilines is 2.